The third-order valence-electron chi connectivity index (χ3n) is 1.73. The highest BCUT2D eigenvalue weighted by Gasteiger charge is 2.14. The summed E-state index contributed by atoms with van der Waals surface area (Å²) in [5.41, 5.74) is 0.859. The maximum atomic E-state index is 10.8. The van der Waals surface area contributed by atoms with Crippen LogP contribution in [0.5, 0.6) is 0 Å². The Morgan fingerprint density at radius 3 is 2.40 bits per heavy atom. The Labute approximate surface area is 89.0 Å². The second-order valence-corrected chi connectivity index (χ2v) is 4.77. The zero-order chi connectivity index (χ0) is 11.3. The number of rotatable bonds is 5. The molecule has 0 spiro atoms. The molecule has 0 heterocycles. The van der Waals surface area contributed by atoms with Crippen molar-refractivity contribution in [2.75, 3.05) is 6.26 Å². The standard InChI is InChI=1S/C10H12O4S/c1-15(12,13)14-10(8-11)7-9-5-3-2-4-6-9/h2-6,8,10H,7H2,1H3. The second kappa shape index (κ2) is 5.04. The van der Waals surface area contributed by atoms with E-state index < -0.39 is 16.2 Å². The molecular weight excluding hydrogens is 216 g/mol. The first-order chi connectivity index (χ1) is 7.01. The van der Waals surface area contributed by atoms with E-state index in [-0.39, 0.29) is 6.42 Å². The fourth-order valence-electron chi connectivity index (χ4n) is 1.18. The normalized spacial score (nSPS) is 13.4. The van der Waals surface area contributed by atoms with Gasteiger partial charge in [-0.05, 0) is 5.56 Å². The van der Waals surface area contributed by atoms with Crippen LogP contribution in [0.25, 0.3) is 0 Å². The molecule has 0 saturated carbocycles. The van der Waals surface area contributed by atoms with Crippen LogP contribution in [-0.2, 0) is 25.5 Å². The van der Waals surface area contributed by atoms with Gasteiger partial charge in [-0.25, -0.2) is 0 Å². The topological polar surface area (TPSA) is 60.4 Å². The van der Waals surface area contributed by atoms with Gasteiger partial charge in [0.05, 0.1) is 6.26 Å². The van der Waals surface area contributed by atoms with Gasteiger partial charge in [0.1, 0.15) is 6.10 Å². The van der Waals surface area contributed by atoms with Gasteiger partial charge in [0.2, 0.25) is 0 Å². The second-order valence-electron chi connectivity index (χ2n) is 3.16. The molecule has 0 aliphatic carbocycles. The highest BCUT2D eigenvalue weighted by Crippen LogP contribution is 2.06. The van der Waals surface area contributed by atoms with Crippen LogP contribution in [0.4, 0.5) is 0 Å². The van der Waals surface area contributed by atoms with E-state index in [1.807, 2.05) is 30.3 Å². The fraction of sp³-hybridized carbons (Fsp3) is 0.300. The Kier molecular flexibility index (Phi) is 3.99. The molecule has 0 aromatic heterocycles. The number of aldehydes is 1. The summed E-state index contributed by atoms with van der Waals surface area (Å²) < 4.78 is 26.2. The maximum absolute atomic E-state index is 10.8. The van der Waals surface area contributed by atoms with E-state index in [0.29, 0.717) is 6.29 Å². The predicted molar refractivity (Wildman–Crippen MR) is 55.9 cm³/mol. The molecule has 0 radical (unpaired) electrons. The third-order valence-corrected chi connectivity index (χ3v) is 2.33. The van der Waals surface area contributed by atoms with Crippen LogP contribution in [0.2, 0.25) is 0 Å². The zero-order valence-electron chi connectivity index (χ0n) is 8.29. The molecule has 1 rings (SSSR count). The first-order valence-electron chi connectivity index (χ1n) is 4.39. The Hall–Kier alpha value is -1.20. The van der Waals surface area contributed by atoms with Gasteiger partial charge >= 0.3 is 0 Å². The summed E-state index contributed by atoms with van der Waals surface area (Å²) in [6.45, 7) is 0. The molecule has 1 aromatic rings. The molecule has 4 nitrogen and oxygen atoms in total. The van der Waals surface area contributed by atoms with Crippen LogP contribution in [0.1, 0.15) is 5.56 Å². The largest absolute Gasteiger partial charge is 0.300 e. The van der Waals surface area contributed by atoms with Crippen LogP contribution >= 0.6 is 0 Å². The maximum Gasteiger partial charge on any atom is 0.265 e. The van der Waals surface area contributed by atoms with Gasteiger partial charge in [-0.2, -0.15) is 8.42 Å². The van der Waals surface area contributed by atoms with Crippen LogP contribution < -0.4 is 0 Å². The molecule has 1 atom stereocenters. The number of carbonyl (C=O) groups is 1. The van der Waals surface area contributed by atoms with Crippen molar-refractivity contribution >= 4 is 16.4 Å². The summed E-state index contributed by atoms with van der Waals surface area (Å²) >= 11 is 0. The van der Waals surface area contributed by atoms with E-state index in [9.17, 15) is 13.2 Å². The molecule has 15 heavy (non-hydrogen) atoms. The van der Waals surface area contributed by atoms with E-state index in [1.54, 1.807) is 0 Å². The van der Waals surface area contributed by atoms with Crippen molar-refractivity contribution in [1.29, 1.82) is 0 Å². The molecule has 82 valence electrons. The summed E-state index contributed by atoms with van der Waals surface area (Å²) in [6, 6.07) is 9.09. The monoisotopic (exact) mass is 228 g/mol. The molecule has 0 bridgehead atoms. The number of carbonyl (C=O) groups excluding carboxylic acids is 1. The van der Waals surface area contributed by atoms with E-state index >= 15 is 0 Å². The molecule has 0 fully saturated rings. The van der Waals surface area contributed by atoms with Gasteiger partial charge in [0.15, 0.2) is 6.29 Å². The van der Waals surface area contributed by atoms with Crippen molar-refractivity contribution in [2.24, 2.45) is 0 Å². The minimum atomic E-state index is -3.59. The number of hydrogen-bond donors (Lipinski definition) is 0. The van der Waals surface area contributed by atoms with Crippen LogP contribution in [-0.4, -0.2) is 27.1 Å². The minimum Gasteiger partial charge on any atom is -0.300 e. The van der Waals surface area contributed by atoms with E-state index in [1.165, 1.54) is 0 Å². The van der Waals surface area contributed by atoms with Crippen molar-refractivity contribution < 1.29 is 17.4 Å². The molecule has 1 unspecified atom stereocenters. The molecule has 0 N–H and O–H groups in total. The van der Waals surface area contributed by atoms with E-state index in [0.717, 1.165) is 11.8 Å². The average molecular weight is 228 g/mol. The van der Waals surface area contributed by atoms with Gasteiger partial charge in [0, 0.05) is 6.42 Å². The van der Waals surface area contributed by atoms with Crippen molar-refractivity contribution in [1.82, 2.24) is 0 Å². The van der Waals surface area contributed by atoms with Crippen molar-refractivity contribution in [3.05, 3.63) is 35.9 Å². The summed E-state index contributed by atoms with van der Waals surface area (Å²) in [6.07, 6.45) is 0.738. The lowest BCUT2D eigenvalue weighted by atomic mass is 10.1. The Morgan fingerprint density at radius 1 is 1.33 bits per heavy atom. The van der Waals surface area contributed by atoms with Gasteiger partial charge in [-0.15, -0.1) is 0 Å². The van der Waals surface area contributed by atoms with Crippen molar-refractivity contribution in [2.45, 2.75) is 12.5 Å². The highest BCUT2D eigenvalue weighted by molar-refractivity contribution is 7.86. The Bertz CT molecular complexity index is 410. The molecule has 5 heteroatoms. The molecule has 0 aliphatic rings. The predicted octanol–water partition coefficient (Wildman–Crippen LogP) is 0.773. The summed E-state index contributed by atoms with van der Waals surface area (Å²) in [7, 11) is -3.59. The fourth-order valence-corrected chi connectivity index (χ4v) is 1.74. The lowest BCUT2D eigenvalue weighted by Gasteiger charge is -2.09. The van der Waals surface area contributed by atoms with Crippen LogP contribution in [0.15, 0.2) is 30.3 Å². The SMILES string of the molecule is CS(=O)(=O)OC(C=O)Cc1ccccc1. The Balaban J connectivity index is 2.67. The van der Waals surface area contributed by atoms with Crippen molar-refractivity contribution in [3.63, 3.8) is 0 Å². The van der Waals surface area contributed by atoms with E-state index in [2.05, 4.69) is 4.18 Å². The smallest absolute Gasteiger partial charge is 0.265 e. The molecule has 1 aromatic carbocycles. The van der Waals surface area contributed by atoms with Crippen molar-refractivity contribution in [3.8, 4) is 0 Å². The zero-order valence-corrected chi connectivity index (χ0v) is 9.11. The average Bonchev–Trinajstić information content (AvgIpc) is 2.16. The van der Waals surface area contributed by atoms with Gasteiger partial charge < -0.3 is 4.79 Å². The molecule has 0 saturated heterocycles. The molecule has 0 amide bonds. The van der Waals surface area contributed by atoms with Crippen LogP contribution in [0, 0.1) is 0 Å². The highest BCUT2D eigenvalue weighted by atomic mass is 32.2. The minimum absolute atomic E-state index is 0.261. The number of benzene rings is 1. The van der Waals surface area contributed by atoms with E-state index in [4.69, 9.17) is 0 Å². The lowest BCUT2D eigenvalue weighted by molar-refractivity contribution is -0.113. The third kappa shape index (κ3) is 4.71. The Morgan fingerprint density at radius 2 is 1.93 bits per heavy atom. The molecule has 0 aliphatic heterocycles. The quantitative estimate of drug-likeness (QED) is 0.551. The first kappa shape index (κ1) is 11.9. The summed E-state index contributed by atoms with van der Waals surface area (Å²) in [4.78, 5) is 10.6. The van der Waals surface area contributed by atoms with Crippen LogP contribution in [0.3, 0.4) is 0 Å². The summed E-state index contributed by atoms with van der Waals surface area (Å²) in [5.74, 6) is 0. The van der Waals surface area contributed by atoms with Gasteiger partial charge in [0.25, 0.3) is 10.1 Å². The number of hydrogen-bond acceptors (Lipinski definition) is 4. The van der Waals surface area contributed by atoms with Gasteiger partial charge in [-0.1, -0.05) is 30.3 Å². The summed E-state index contributed by atoms with van der Waals surface area (Å²) in [5, 5.41) is 0. The van der Waals surface area contributed by atoms with Gasteiger partial charge in [-0.3, -0.25) is 4.18 Å². The molecular formula is C10H12O4S. The first-order valence-corrected chi connectivity index (χ1v) is 6.20. The lowest BCUT2D eigenvalue weighted by Crippen LogP contribution is -2.21.